The number of carbonyl (C=O) groups excluding carboxylic acids is 2. The van der Waals surface area contributed by atoms with Crippen molar-refractivity contribution < 1.29 is 9.59 Å². The molecule has 0 radical (unpaired) electrons. The van der Waals surface area contributed by atoms with Crippen LogP contribution >= 0.6 is 11.8 Å². The summed E-state index contributed by atoms with van der Waals surface area (Å²) in [6.45, 7) is 4.20. The molecule has 0 aromatic rings. The highest BCUT2D eigenvalue weighted by Gasteiger charge is 2.30. The minimum Gasteiger partial charge on any atom is -0.344 e. The van der Waals surface area contributed by atoms with Crippen LogP contribution in [0.15, 0.2) is 0 Å². The van der Waals surface area contributed by atoms with Gasteiger partial charge in [-0.05, 0) is 31.3 Å². The van der Waals surface area contributed by atoms with Gasteiger partial charge in [-0.15, -0.1) is 0 Å². The predicted octanol–water partition coefficient (Wildman–Crippen LogP) is 1.26. The molecular weight excluding hydrogens is 236 g/mol. The molecule has 0 spiro atoms. The molecule has 98 valence electrons. The summed E-state index contributed by atoms with van der Waals surface area (Å²) < 4.78 is 0. The average molecular weight is 258 g/mol. The summed E-state index contributed by atoms with van der Waals surface area (Å²) in [4.78, 5) is 24.9. The molecule has 1 heterocycles. The molecule has 2 atom stereocenters. The van der Waals surface area contributed by atoms with E-state index in [0.29, 0.717) is 12.8 Å². The Labute approximate surface area is 108 Å². The van der Waals surface area contributed by atoms with Crippen LogP contribution < -0.4 is 5.32 Å². The number of carbonyl (C=O) groups is 2. The number of rotatable bonds is 6. The fourth-order valence-corrected chi connectivity index (χ4v) is 2.65. The van der Waals surface area contributed by atoms with Gasteiger partial charge in [0.1, 0.15) is 6.04 Å². The Balaban J connectivity index is 2.37. The Hall–Kier alpha value is -0.710. The normalized spacial score (nSPS) is 21.1. The molecule has 1 fully saturated rings. The number of thioether (sulfide) groups is 1. The Bertz CT molecular complexity index is 284. The van der Waals surface area contributed by atoms with Crippen LogP contribution in [-0.2, 0) is 9.59 Å². The number of likely N-dealkylation sites (N-methyl/N-ethyl adjacent to an activating group) is 1. The van der Waals surface area contributed by atoms with Gasteiger partial charge in [0.2, 0.25) is 11.8 Å². The topological polar surface area (TPSA) is 49.4 Å². The molecule has 0 aliphatic carbocycles. The predicted molar refractivity (Wildman–Crippen MR) is 71.0 cm³/mol. The van der Waals surface area contributed by atoms with Crippen LogP contribution in [0.4, 0.5) is 0 Å². The summed E-state index contributed by atoms with van der Waals surface area (Å²) in [6.07, 6.45) is 2.12. The third-order valence-corrected chi connectivity index (χ3v) is 4.12. The van der Waals surface area contributed by atoms with E-state index in [1.165, 1.54) is 0 Å². The highest BCUT2D eigenvalue weighted by Crippen LogP contribution is 2.13. The summed E-state index contributed by atoms with van der Waals surface area (Å²) in [5.41, 5.74) is 0. The third-order valence-electron chi connectivity index (χ3n) is 3.19. The van der Waals surface area contributed by atoms with E-state index in [0.717, 1.165) is 17.9 Å². The van der Waals surface area contributed by atoms with Crippen LogP contribution in [0.25, 0.3) is 0 Å². The maximum atomic E-state index is 12.1. The molecule has 1 rings (SSSR count). The summed E-state index contributed by atoms with van der Waals surface area (Å²) in [7, 11) is 1.83. The lowest BCUT2D eigenvalue weighted by atomic mass is 10.1. The van der Waals surface area contributed by atoms with Gasteiger partial charge in [-0.3, -0.25) is 9.59 Å². The largest absolute Gasteiger partial charge is 0.344 e. The summed E-state index contributed by atoms with van der Waals surface area (Å²) in [5.74, 6) is 2.23. The quantitative estimate of drug-likeness (QED) is 0.730. The van der Waals surface area contributed by atoms with E-state index in [1.807, 2.05) is 18.8 Å². The van der Waals surface area contributed by atoms with Gasteiger partial charge in [-0.2, -0.15) is 11.8 Å². The molecule has 17 heavy (non-hydrogen) atoms. The molecule has 4 nitrogen and oxygen atoms in total. The Kier molecular flexibility index (Phi) is 5.82. The lowest BCUT2D eigenvalue weighted by molar-refractivity contribution is -0.134. The van der Waals surface area contributed by atoms with Gasteiger partial charge in [0.05, 0.1) is 0 Å². The van der Waals surface area contributed by atoms with Gasteiger partial charge in [-0.1, -0.05) is 6.92 Å². The Morgan fingerprint density at radius 2 is 2.35 bits per heavy atom. The van der Waals surface area contributed by atoms with Gasteiger partial charge in [0, 0.05) is 19.5 Å². The molecule has 0 bridgehead atoms. The second-order valence-corrected chi connectivity index (χ2v) is 5.84. The fourth-order valence-electron chi connectivity index (χ4n) is 1.85. The maximum absolute atomic E-state index is 12.1. The van der Waals surface area contributed by atoms with Crippen LogP contribution in [0.2, 0.25) is 0 Å². The summed E-state index contributed by atoms with van der Waals surface area (Å²) >= 11 is 1.89. The van der Waals surface area contributed by atoms with Gasteiger partial charge in [-0.25, -0.2) is 0 Å². The number of nitrogens with zero attached hydrogens (tertiary/aromatic N) is 1. The van der Waals surface area contributed by atoms with Crippen LogP contribution in [0, 0.1) is 0 Å². The van der Waals surface area contributed by atoms with E-state index in [-0.39, 0.29) is 23.9 Å². The van der Waals surface area contributed by atoms with Gasteiger partial charge < -0.3 is 10.2 Å². The first-order valence-electron chi connectivity index (χ1n) is 6.20. The van der Waals surface area contributed by atoms with Crippen molar-refractivity contribution in [3.63, 3.8) is 0 Å². The lowest BCUT2D eigenvalue weighted by Gasteiger charge is -2.27. The van der Waals surface area contributed by atoms with Crippen molar-refractivity contribution in [2.24, 2.45) is 0 Å². The minimum atomic E-state index is -0.297. The Morgan fingerprint density at radius 1 is 1.65 bits per heavy atom. The first-order chi connectivity index (χ1) is 8.06. The van der Waals surface area contributed by atoms with E-state index in [4.69, 9.17) is 0 Å². The van der Waals surface area contributed by atoms with Crippen molar-refractivity contribution in [2.75, 3.05) is 18.6 Å². The molecule has 0 aromatic heterocycles. The maximum Gasteiger partial charge on any atom is 0.245 e. The zero-order valence-corrected chi connectivity index (χ0v) is 11.7. The van der Waals surface area contributed by atoms with Crippen LogP contribution in [0.5, 0.6) is 0 Å². The van der Waals surface area contributed by atoms with Crippen LogP contribution in [0.1, 0.15) is 33.1 Å². The van der Waals surface area contributed by atoms with Crippen LogP contribution in [-0.4, -0.2) is 47.4 Å². The summed E-state index contributed by atoms with van der Waals surface area (Å²) in [6, 6.07) is -0.0622. The number of hydrogen-bond acceptors (Lipinski definition) is 3. The summed E-state index contributed by atoms with van der Waals surface area (Å²) in [5, 5.41) is 2.72. The SMILES string of the molecule is CCSCCC(C)N(C)C(=O)C1CCC(=O)N1. The number of amides is 2. The molecule has 0 aromatic carbocycles. The van der Waals surface area contributed by atoms with Gasteiger partial charge in [0.15, 0.2) is 0 Å². The molecule has 1 N–H and O–H groups in total. The van der Waals surface area contributed by atoms with E-state index in [2.05, 4.69) is 19.2 Å². The second kappa shape index (κ2) is 6.89. The molecule has 2 unspecified atom stereocenters. The molecule has 1 aliphatic rings. The first kappa shape index (κ1) is 14.4. The zero-order valence-electron chi connectivity index (χ0n) is 10.9. The fraction of sp³-hybridized carbons (Fsp3) is 0.833. The highest BCUT2D eigenvalue weighted by atomic mass is 32.2. The lowest BCUT2D eigenvalue weighted by Crippen LogP contribution is -2.46. The smallest absolute Gasteiger partial charge is 0.245 e. The van der Waals surface area contributed by atoms with Crippen molar-refractivity contribution in [1.29, 1.82) is 0 Å². The van der Waals surface area contributed by atoms with Crippen molar-refractivity contribution in [1.82, 2.24) is 10.2 Å². The van der Waals surface area contributed by atoms with E-state index < -0.39 is 0 Å². The molecule has 1 saturated heterocycles. The van der Waals surface area contributed by atoms with Gasteiger partial charge >= 0.3 is 0 Å². The Morgan fingerprint density at radius 3 is 2.88 bits per heavy atom. The minimum absolute atomic E-state index is 0.00839. The number of nitrogens with one attached hydrogen (secondary N) is 1. The molecule has 1 aliphatic heterocycles. The van der Waals surface area contributed by atoms with Crippen molar-refractivity contribution >= 4 is 23.6 Å². The van der Waals surface area contributed by atoms with Crippen molar-refractivity contribution in [3.8, 4) is 0 Å². The standard InChI is InChI=1S/C12H22N2O2S/c1-4-17-8-7-9(2)14(3)12(16)10-5-6-11(15)13-10/h9-10H,4-8H2,1-3H3,(H,13,15). The molecule has 5 heteroatoms. The van der Waals surface area contributed by atoms with E-state index in [1.54, 1.807) is 4.90 Å². The monoisotopic (exact) mass is 258 g/mol. The zero-order chi connectivity index (χ0) is 12.8. The third kappa shape index (κ3) is 4.22. The van der Waals surface area contributed by atoms with Crippen molar-refractivity contribution in [2.45, 2.75) is 45.2 Å². The van der Waals surface area contributed by atoms with Crippen molar-refractivity contribution in [3.05, 3.63) is 0 Å². The van der Waals surface area contributed by atoms with E-state index in [9.17, 15) is 9.59 Å². The molecule has 2 amide bonds. The highest BCUT2D eigenvalue weighted by molar-refractivity contribution is 7.99. The average Bonchev–Trinajstić information content (AvgIpc) is 2.74. The van der Waals surface area contributed by atoms with E-state index >= 15 is 0 Å². The molecular formula is C12H22N2O2S. The number of hydrogen-bond donors (Lipinski definition) is 1. The van der Waals surface area contributed by atoms with Crippen LogP contribution in [0.3, 0.4) is 0 Å². The first-order valence-corrected chi connectivity index (χ1v) is 7.35. The second-order valence-electron chi connectivity index (χ2n) is 4.44. The molecule has 0 saturated carbocycles. The van der Waals surface area contributed by atoms with Gasteiger partial charge in [0.25, 0.3) is 0 Å².